The molecule has 0 radical (unpaired) electrons. The van der Waals surface area contributed by atoms with Gasteiger partial charge in [0.25, 0.3) is 0 Å². The van der Waals surface area contributed by atoms with Crippen LogP contribution in [0.25, 0.3) is 10.9 Å². The van der Waals surface area contributed by atoms with Crippen molar-refractivity contribution in [3.8, 4) is 0 Å². The summed E-state index contributed by atoms with van der Waals surface area (Å²) in [6.45, 7) is -0.700. The van der Waals surface area contributed by atoms with Crippen molar-refractivity contribution in [2.24, 2.45) is 0 Å². The van der Waals surface area contributed by atoms with Crippen LogP contribution in [-0.2, 0) is 16.0 Å². The summed E-state index contributed by atoms with van der Waals surface area (Å²) in [6.07, 6.45) is -3.14. The first-order valence-corrected chi connectivity index (χ1v) is 7.46. The summed E-state index contributed by atoms with van der Waals surface area (Å²) in [7, 11) is 1.48. The summed E-state index contributed by atoms with van der Waals surface area (Å²) in [4.78, 5) is 17.3. The van der Waals surface area contributed by atoms with Gasteiger partial charge in [-0.25, -0.2) is 4.79 Å². The van der Waals surface area contributed by atoms with Crippen LogP contribution in [0.2, 0.25) is 0 Å². The highest BCUT2D eigenvalue weighted by Crippen LogP contribution is 2.33. The van der Waals surface area contributed by atoms with Gasteiger partial charge >= 0.3 is 5.97 Å². The van der Waals surface area contributed by atoms with Crippen LogP contribution in [0.3, 0.4) is 0 Å². The number of carbonyl (C=O) groups excluding carboxylic acids is 1. The van der Waals surface area contributed by atoms with Crippen LogP contribution in [0.4, 0.5) is 0 Å². The molecular formula is C16H19NO7. The lowest BCUT2D eigenvalue weighted by atomic mass is 9.87. The Balaban J connectivity index is 1.97. The molecule has 0 saturated carbocycles. The van der Waals surface area contributed by atoms with Crippen LogP contribution in [0, 0.1) is 0 Å². The van der Waals surface area contributed by atoms with Crippen molar-refractivity contribution in [2.75, 3.05) is 13.7 Å². The van der Waals surface area contributed by atoms with Gasteiger partial charge < -0.3 is 30.0 Å². The molecule has 130 valence electrons. The first-order chi connectivity index (χ1) is 11.4. The normalized spacial score (nSPS) is 28.1. The number of carbonyl (C=O) groups is 1. The van der Waals surface area contributed by atoms with E-state index in [1.807, 2.05) is 12.1 Å². The number of ether oxygens (including phenoxy) is 1. The maximum absolute atomic E-state index is 12.1. The SMILES string of the molecule is COn1cc(C[C@@]2(O)C(=O)OC([C@@H](O)CO)[C@H]2O)c2ccccc21. The predicted octanol–water partition coefficient (Wildman–Crippen LogP) is -1.39. The molecule has 1 aliphatic rings. The quantitative estimate of drug-likeness (QED) is 0.496. The van der Waals surface area contributed by atoms with Crippen LogP contribution in [0.1, 0.15) is 5.56 Å². The fraction of sp³-hybridized carbons (Fsp3) is 0.438. The molecule has 1 saturated heterocycles. The van der Waals surface area contributed by atoms with Gasteiger partial charge in [-0.1, -0.05) is 18.2 Å². The van der Waals surface area contributed by atoms with Crippen molar-refractivity contribution in [1.82, 2.24) is 4.73 Å². The van der Waals surface area contributed by atoms with E-state index in [9.17, 15) is 20.1 Å². The highest BCUT2D eigenvalue weighted by atomic mass is 16.6. The van der Waals surface area contributed by atoms with E-state index in [-0.39, 0.29) is 6.42 Å². The number of nitrogens with zero attached hydrogens (tertiary/aromatic N) is 1. The number of esters is 1. The van der Waals surface area contributed by atoms with E-state index >= 15 is 0 Å². The van der Waals surface area contributed by atoms with E-state index < -0.39 is 36.5 Å². The Hall–Kier alpha value is -2.13. The Labute approximate surface area is 137 Å². The Kier molecular flexibility index (Phi) is 4.22. The minimum absolute atomic E-state index is 0.224. The lowest BCUT2D eigenvalue weighted by molar-refractivity contribution is -0.158. The number of fused-ring (bicyclic) bond motifs is 1. The average molecular weight is 337 g/mol. The van der Waals surface area contributed by atoms with Gasteiger partial charge in [-0.05, 0) is 11.6 Å². The zero-order valence-electron chi connectivity index (χ0n) is 13.0. The molecule has 1 aromatic carbocycles. The fourth-order valence-electron chi connectivity index (χ4n) is 3.05. The number of rotatable bonds is 5. The summed E-state index contributed by atoms with van der Waals surface area (Å²) in [5.41, 5.74) is -0.903. The second-order valence-electron chi connectivity index (χ2n) is 5.85. The molecule has 8 heteroatoms. The van der Waals surface area contributed by atoms with Crippen molar-refractivity contribution in [1.29, 1.82) is 0 Å². The number of benzene rings is 1. The second kappa shape index (κ2) is 6.06. The number of aliphatic hydroxyl groups excluding tert-OH is 3. The summed E-state index contributed by atoms with van der Waals surface area (Å²) >= 11 is 0. The molecule has 1 aromatic heterocycles. The van der Waals surface area contributed by atoms with Crippen LogP contribution in [0.15, 0.2) is 30.5 Å². The molecule has 1 aliphatic heterocycles. The topological polar surface area (TPSA) is 121 Å². The van der Waals surface area contributed by atoms with E-state index in [2.05, 4.69) is 0 Å². The second-order valence-corrected chi connectivity index (χ2v) is 5.85. The molecule has 4 N–H and O–H groups in total. The standard InChI is InChI=1S/C16H19NO7/c1-23-17-7-9(10-4-2-3-5-11(10)17)6-16(22)14(20)13(12(19)8-18)24-15(16)21/h2-5,7,12-14,18-20,22H,6,8H2,1H3/t12-,13?,14+,16-/m0/s1. The Morgan fingerprint density at radius 1 is 1.42 bits per heavy atom. The summed E-state index contributed by atoms with van der Waals surface area (Å²) in [5.74, 6) is -1.04. The molecule has 0 spiro atoms. The molecule has 2 aromatic rings. The maximum Gasteiger partial charge on any atom is 0.341 e. The molecule has 0 bridgehead atoms. The van der Waals surface area contributed by atoms with Gasteiger partial charge in [0.15, 0.2) is 11.7 Å². The van der Waals surface area contributed by atoms with Gasteiger partial charge in [0.05, 0.1) is 12.1 Å². The average Bonchev–Trinajstić information content (AvgIpc) is 3.05. The third-order valence-corrected chi connectivity index (χ3v) is 4.38. The van der Waals surface area contributed by atoms with E-state index in [4.69, 9.17) is 14.7 Å². The highest BCUT2D eigenvalue weighted by Gasteiger charge is 2.58. The van der Waals surface area contributed by atoms with Crippen molar-refractivity contribution >= 4 is 16.9 Å². The van der Waals surface area contributed by atoms with E-state index in [0.29, 0.717) is 5.56 Å². The van der Waals surface area contributed by atoms with Crippen molar-refractivity contribution in [3.05, 3.63) is 36.0 Å². The molecule has 4 atom stereocenters. The summed E-state index contributed by atoms with van der Waals surface area (Å²) in [5, 5.41) is 40.3. The lowest BCUT2D eigenvalue weighted by Crippen LogP contribution is -2.50. The summed E-state index contributed by atoms with van der Waals surface area (Å²) < 4.78 is 6.36. The Bertz CT molecular complexity index is 758. The Morgan fingerprint density at radius 2 is 2.12 bits per heavy atom. The third kappa shape index (κ3) is 2.44. The van der Waals surface area contributed by atoms with Crippen LogP contribution in [-0.4, -0.2) is 68.8 Å². The number of aliphatic hydroxyl groups is 4. The monoisotopic (exact) mass is 337 g/mol. The zero-order chi connectivity index (χ0) is 17.5. The molecule has 1 fully saturated rings. The first kappa shape index (κ1) is 16.7. The zero-order valence-corrected chi connectivity index (χ0v) is 13.0. The van der Waals surface area contributed by atoms with Gasteiger partial charge in [0.2, 0.25) is 0 Å². The van der Waals surface area contributed by atoms with E-state index in [1.165, 1.54) is 11.8 Å². The minimum Gasteiger partial charge on any atom is -0.454 e. The largest absolute Gasteiger partial charge is 0.454 e. The molecule has 1 unspecified atom stereocenters. The smallest absolute Gasteiger partial charge is 0.341 e. The van der Waals surface area contributed by atoms with Gasteiger partial charge in [-0.3, -0.25) is 0 Å². The van der Waals surface area contributed by atoms with Gasteiger partial charge in [-0.15, -0.1) is 0 Å². The van der Waals surface area contributed by atoms with E-state index in [1.54, 1.807) is 18.3 Å². The molecule has 2 heterocycles. The first-order valence-electron chi connectivity index (χ1n) is 7.46. The number of cyclic esters (lactones) is 1. The summed E-state index contributed by atoms with van der Waals surface area (Å²) in [6, 6.07) is 7.24. The molecule has 0 amide bonds. The van der Waals surface area contributed by atoms with Gasteiger partial charge in [-0.2, -0.15) is 4.73 Å². The van der Waals surface area contributed by atoms with E-state index in [0.717, 1.165) is 10.9 Å². The number of para-hydroxylation sites is 1. The van der Waals surface area contributed by atoms with Crippen molar-refractivity contribution in [3.63, 3.8) is 0 Å². The van der Waals surface area contributed by atoms with Crippen LogP contribution in [0.5, 0.6) is 0 Å². The van der Waals surface area contributed by atoms with Crippen LogP contribution >= 0.6 is 0 Å². The molecule has 8 nitrogen and oxygen atoms in total. The number of aromatic nitrogens is 1. The molecule has 3 rings (SSSR count). The fourth-order valence-corrected chi connectivity index (χ4v) is 3.05. The van der Waals surface area contributed by atoms with Crippen LogP contribution < -0.4 is 4.84 Å². The molecule has 0 aliphatic carbocycles. The minimum atomic E-state index is -2.22. The van der Waals surface area contributed by atoms with Crippen molar-refractivity contribution < 1.29 is 34.8 Å². The number of hydrogen-bond donors (Lipinski definition) is 4. The maximum atomic E-state index is 12.1. The Morgan fingerprint density at radius 3 is 2.79 bits per heavy atom. The van der Waals surface area contributed by atoms with Crippen molar-refractivity contribution in [2.45, 2.75) is 30.3 Å². The van der Waals surface area contributed by atoms with Gasteiger partial charge in [0, 0.05) is 18.0 Å². The predicted molar refractivity (Wildman–Crippen MR) is 82.1 cm³/mol. The lowest BCUT2D eigenvalue weighted by Gasteiger charge is -2.24. The molecular weight excluding hydrogens is 318 g/mol. The molecule has 24 heavy (non-hydrogen) atoms. The number of hydrogen-bond acceptors (Lipinski definition) is 7. The third-order valence-electron chi connectivity index (χ3n) is 4.38. The highest BCUT2D eigenvalue weighted by molar-refractivity contribution is 5.87. The van der Waals surface area contributed by atoms with Gasteiger partial charge in [0.1, 0.15) is 19.3 Å².